The summed E-state index contributed by atoms with van der Waals surface area (Å²) in [5.41, 5.74) is 2.82. The van der Waals surface area contributed by atoms with Gasteiger partial charge in [-0.15, -0.1) is 0 Å². The summed E-state index contributed by atoms with van der Waals surface area (Å²) in [6, 6.07) is 7.50. The molecule has 1 N–H and O–H groups in total. The molecule has 9 nitrogen and oxygen atoms in total. The van der Waals surface area contributed by atoms with E-state index < -0.39 is 11.2 Å². The highest BCUT2D eigenvalue weighted by molar-refractivity contribution is 6.31. The standard InChI is InChI=1S/C25H27ClN6O3/c1-14-7-8-17(21-15(2)12-27-24(29-21)25(4,5)34)11-19(14)32-16(3)28-22(20(26)23(32)33)35-13-18-9-10-31(6)30-18/h7-12,34H,13H2,1-6H3. The second-order valence-electron chi connectivity index (χ2n) is 8.97. The first kappa shape index (κ1) is 24.6. The normalized spacial score (nSPS) is 11.7. The van der Waals surface area contributed by atoms with Gasteiger partial charge in [0.2, 0.25) is 5.88 Å². The highest BCUT2D eigenvalue weighted by Crippen LogP contribution is 2.28. The maximum absolute atomic E-state index is 13.3. The molecule has 10 heteroatoms. The number of aliphatic hydroxyl groups is 1. The zero-order valence-electron chi connectivity index (χ0n) is 20.5. The monoisotopic (exact) mass is 494 g/mol. The van der Waals surface area contributed by atoms with Crippen molar-refractivity contribution >= 4 is 11.6 Å². The van der Waals surface area contributed by atoms with E-state index in [1.807, 2.05) is 45.2 Å². The van der Waals surface area contributed by atoms with E-state index in [1.54, 1.807) is 37.8 Å². The predicted octanol–water partition coefficient (Wildman–Crippen LogP) is 3.81. The van der Waals surface area contributed by atoms with Crippen LogP contribution in [0.5, 0.6) is 5.88 Å². The van der Waals surface area contributed by atoms with Crippen molar-refractivity contribution in [1.29, 1.82) is 0 Å². The van der Waals surface area contributed by atoms with Crippen molar-refractivity contribution in [1.82, 2.24) is 29.3 Å². The summed E-state index contributed by atoms with van der Waals surface area (Å²) in [6.45, 7) is 8.93. The molecular weight excluding hydrogens is 468 g/mol. The van der Waals surface area contributed by atoms with Crippen LogP contribution in [-0.2, 0) is 19.3 Å². The topological polar surface area (TPSA) is 108 Å². The van der Waals surface area contributed by atoms with Crippen molar-refractivity contribution in [2.45, 2.75) is 46.8 Å². The predicted molar refractivity (Wildman–Crippen MR) is 133 cm³/mol. The van der Waals surface area contributed by atoms with Crippen LogP contribution in [0.25, 0.3) is 16.9 Å². The number of hydrogen-bond donors (Lipinski definition) is 1. The lowest BCUT2D eigenvalue weighted by Gasteiger charge is -2.18. The molecule has 0 aliphatic heterocycles. The SMILES string of the molecule is Cc1ccc(-c2nc(C(C)(C)O)ncc2C)cc1-n1c(C)nc(OCc2ccn(C)n2)c(Cl)c1=O. The molecule has 0 amide bonds. The lowest BCUT2D eigenvalue weighted by atomic mass is 10.0. The number of aryl methyl sites for hydroxylation is 4. The van der Waals surface area contributed by atoms with Gasteiger partial charge in [-0.3, -0.25) is 14.0 Å². The van der Waals surface area contributed by atoms with Crippen LogP contribution in [0.1, 0.15) is 42.3 Å². The molecule has 0 bridgehead atoms. The number of benzene rings is 1. The van der Waals surface area contributed by atoms with Crippen molar-refractivity contribution < 1.29 is 9.84 Å². The molecule has 0 saturated heterocycles. The number of nitrogens with zero attached hydrogens (tertiary/aromatic N) is 6. The van der Waals surface area contributed by atoms with Crippen LogP contribution in [0.3, 0.4) is 0 Å². The Labute approximate surface area is 208 Å². The smallest absolute Gasteiger partial charge is 0.280 e. The fourth-order valence-corrected chi connectivity index (χ4v) is 3.85. The molecule has 35 heavy (non-hydrogen) atoms. The zero-order valence-corrected chi connectivity index (χ0v) is 21.3. The van der Waals surface area contributed by atoms with Gasteiger partial charge in [0.15, 0.2) is 10.8 Å². The average molecular weight is 495 g/mol. The van der Waals surface area contributed by atoms with Gasteiger partial charge < -0.3 is 9.84 Å². The quantitative estimate of drug-likeness (QED) is 0.434. The third-order valence-corrected chi connectivity index (χ3v) is 5.86. The Morgan fingerprint density at radius 2 is 1.86 bits per heavy atom. The van der Waals surface area contributed by atoms with Gasteiger partial charge in [0.25, 0.3) is 5.56 Å². The molecule has 3 aromatic heterocycles. The summed E-state index contributed by atoms with van der Waals surface area (Å²) in [5.74, 6) is 0.797. The fourth-order valence-electron chi connectivity index (χ4n) is 3.67. The molecule has 0 atom stereocenters. The van der Waals surface area contributed by atoms with Crippen LogP contribution in [-0.4, -0.2) is 34.4 Å². The van der Waals surface area contributed by atoms with E-state index in [4.69, 9.17) is 16.3 Å². The summed E-state index contributed by atoms with van der Waals surface area (Å²) in [4.78, 5) is 26.6. The van der Waals surface area contributed by atoms with Gasteiger partial charge in [0.05, 0.1) is 17.1 Å². The number of aromatic nitrogens is 6. The lowest BCUT2D eigenvalue weighted by molar-refractivity contribution is 0.0688. The van der Waals surface area contributed by atoms with Crippen molar-refractivity contribution in [2.75, 3.05) is 0 Å². The van der Waals surface area contributed by atoms with Crippen molar-refractivity contribution in [2.24, 2.45) is 7.05 Å². The fraction of sp³-hybridized carbons (Fsp3) is 0.320. The van der Waals surface area contributed by atoms with E-state index in [9.17, 15) is 9.90 Å². The summed E-state index contributed by atoms with van der Waals surface area (Å²) in [5, 5.41) is 14.5. The highest BCUT2D eigenvalue weighted by Gasteiger charge is 2.22. The Morgan fingerprint density at radius 3 is 2.51 bits per heavy atom. The van der Waals surface area contributed by atoms with E-state index >= 15 is 0 Å². The van der Waals surface area contributed by atoms with Crippen LogP contribution >= 0.6 is 11.6 Å². The van der Waals surface area contributed by atoms with E-state index in [1.165, 1.54) is 4.57 Å². The molecule has 3 heterocycles. The summed E-state index contributed by atoms with van der Waals surface area (Å²) < 4.78 is 8.82. The van der Waals surface area contributed by atoms with Crippen LogP contribution in [0.4, 0.5) is 0 Å². The first-order valence-corrected chi connectivity index (χ1v) is 11.4. The molecule has 1 aromatic carbocycles. The molecule has 0 spiro atoms. The van der Waals surface area contributed by atoms with Gasteiger partial charge in [-0.25, -0.2) is 9.97 Å². The summed E-state index contributed by atoms with van der Waals surface area (Å²) >= 11 is 6.40. The highest BCUT2D eigenvalue weighted by atomic mass is 35.5. The largest absolute Gasteiger partial charge is 0.470 e. The number of halogens is 1. The zero-order chi connectivity index (χ0) is 25.5. The summed E-state index contributed by atoms with van der Waals surface area (Å²) in [6.07, 6.45) is 3.48. The van der Waals surface area contributed by atoms with Gasteiger partial charge in [0.1, 0.15) is 18.0 Å². The molecule has 0 saturated carbocycles. The minimum Gasteiger partial charge on any atom is -0.470 e. The first-order valence-electron chi connectivity index (χ1n) is 11.0. The molecule has 4 aromatic rings. The van der Waals surface area contributed by atoms with Gasteiger partial charge in [-0.2, -0.15) is 10.1 Å². The van der Waals surface area contributed by atoms with Crippen LogP contribution in [0.15, 0.2) is 41.5 Å². The summed E-state index contributed by atoms with van der Waals surface area (Å²) in [7, 11) is 1.81. The molecule has 182 valence electrons. The Bertz CT molecular complexity index is 1470. The van der Waals surface area contributed by atoms with Gasteiger partial charge in [0, 0.05) is 25.0 Å². The third-order valence-electron chi connectivity index (χ3n) is 5.53. The molecule has 0 aliphatic rings. The third kappa shape index (κ3) is 4.96. The van der Waals surface area contributed by atoms with Crippen LogP contribution in [0.2, 0.25) is 5.02 Å². The van der Waals surface area contributed by atoms with Gasteiger partial charge in [-0.1, -0.05) is 23.7 Å². The molecule has 0 fully saturated rings. The Morgan fingerprint density at radius 1 is 1.11 bits per heavy atom. The van der Waals surface area contributed by atoms with E-state index in [0.717, 1.165) is 16.7 Å². The van der Waals surface area contributed by atoms with E-state index in [-0.39, 0.29) is 17.5 Å². The van der Waals surface area contributed by atoms with E-state index in [0.29, 0.717) is 28.7 Å². The average Bonchev–Trinajstić information content (AvgIpc) is 3.21. The Balaban J connectivity index is 1.76. The Hall–Kier alpha value is -3.56. The van der Waals surface area contributed by atoms with Crippen LogP contribution in [0, 0.1) is 20.8 Å². The maximum atomic E-state index is 13.3. The number of rotatable bonds is 6. The molecule has 4 rings (SSSR count). The van der Waals surface area contributed by atoms with Crippen molar-refractivity contribution in [3.05, 3.63) is 80.5 Å². The Kier molecular flexibility index (Phi) is 6.48. The van der Waals surface area contributed by atoms with Gasteiger partial charge >= 0.3 is 0 Å². The maximum Gasteiger partial charge on any atom is 0.280 e. The number of hydrogen-bond acceptors (Lipinski definition) is 7. The van der Waals surface area contributed by atoms with Crippen molar-refractivity contribution in [3.63, 3.8) is 0 Å². The second-order valence-corrected chi connectivity index (χ2v) is 9.35. The lowest BCUT2D eigenvalue weighted by Crippen LogP contribution is -2.24. The minimum absolute atomic E-state index is 0.0614. The van der Waals surface area contributed by atoms with Gasteiger partial charge in [-0.05, 0) is 57.9 Å². The molecule has 0 aliphatic carbocycles. The van der Waals surface area contributed by atoms with Crippen LogP contribution < -0.4 is 10.3 Å². The molecular formula is C25H27ClN6O3. The first-order chi connectivity index (χ1) is 16.5. The number of ether oxygens (including phenoxy) is 1. The minimum atomic E-state index is -1.19. The van der Waals surface area contributed by atoms with E-state index in [2.05, 4.69) is 20.1 Å². The van der Waals surface area contributed by atoms with Crippen molar-refractivity contribution in [3.8, 4) is 22.8 Å². The molecule has 0 unspecified atom stereocenters. The molecule has 0 radical (unpaired) electrons. The second kappa shape index (κ2) is 9.24.